The first kappa shape index (κ1) is 11.6. The van der Waals surface area contributed by atoms with E-state index in [1.807, 2.05) is 24.3 Å². The molecule has 0 spiro atoms. The Labute approximate surface area is 90.4 Å². The first-order valence-electron chi connectivity index (χ1n) is 5.27. The molecule has 15 heavy (non-hydrogen) atoms. The molecule has 3 nitrogen and oxygen atoms in total. The van der Waals surface area contributed by atoms with E-state index < -0.39 is 0 Å². The topological polar surface area (TPSA) is 38.3 Å². The number of rotatable bonds is 6. The molecule has 0 radical (unpaired) electrons. The van der Waals surface area contributed by atoms with Crippen LogP contribution in [-0.4, -0.2) is 12.5 Å². The van der Waals surface area contributed by atoms with Crippen LogP contribution in [0.4, 0.5) is 5.69 Å². The highest BCUT2D eigenvalue weighted by Gasteiger charge is 2.04. The van der Waals surface area contributed by atoms with Crippen molar-refractivity contribution in [1.82, 2.24) is 0 Å². The molecule has 82 valence electrons. The maximum absolute atomic E-state index is 10.2. The lowest BCUT2D eigenvalue weighted by Gasteiger charge is -2.15. The molecule has 0 aromatic heterocycles. The zero-order valence-electron chi connectivity index (χ0n) is 9.19. The van der Waals surface area contributed by atoms with Crippen molar-refractivity contribution in [2.45, 2.75) is 32.8 Å². The van der Waals surface area contributed by atoms with Crippen molar-refractivity contribution in [3.63, 3.8) is 0 Å². The molecular weight excluding hydrogens is 190 g/mol. The van der Waals surface area contributed by atoms with Gasteiger partial charge in [0, 0.05) is 5.69 Å². The van der Waals surface area contributed by atoms with Gasteiger partial charge in [-0.25, -0.2) is 0 Å². The minimum Gasteiger partial charge on any atom is -0.490 e. The van der Waals surface area contributed by atoms with Crippen molar-refractivity contribution < 1.29 is 9.53 Å². The molecule has 1 aromatic rings. The predicted octanol–water partition coefficient (Wildman–Crippen LogP) is 2.82. The van der Waals surface area contributed by atoms with Crippen LogP contribution in [0, 0.1) is 0 Å². The van der Waals surface area contributed by atoms with Gasteiger partial charge in [0.1, 0.15) is 5.75 Å². The summed E-state index contributed by atoms with van der Waals surface area (Å²) in [5.41, 5.74) is 0.780. The van der Waals surface area contributed by atoms with Crippen LogP contribution in [0.25, 0.3) is 0 Å². The van der Waals surface area contributed by atoms with Crippen molar-refractivity contribution >= 4 is 12.1 Å². The number of anilines is 1. The largest absolute Gasteiger partial charge is 0.490 e. The highest BCUT2D eigenvalue weighted by atomic mass is 16.5. The van der Waals surface area contributed by atoms with Gasteiger partial charge < -0.3 is 10.1 Å². The van der Waals surface area contributed by atoms with E-state index in [4.69, 9.17) is 4.74 Å². The minimum atomic E-state index is 0.273. The summed E-state index contributed by atoms with van der Waals surface area (Å²) in [7, 11) is 0. The summed E-state index contributed by atoms with van der Waals surface area (Å²) < 4.78 is 5.73. The summed E-state index contributed by atoms with van der Waals surface area (Å²) in [5.74, 6) is 0.847. The van der Waals surface area contributed by atoms with Gasteiger partial charge in [0.25, 0.3) is 0 Å². The fourth-order valence-corrected chi connectivity index (χ4v) is 1.35. The van der Waals surface area contributed by atoms with Crippen LogP contribution in [0.3, 0.4) is 0 Å². The Bertz CT molecular complexity index is 291. The normalized spacial score (nSPS) is 10.1. The first-order chi connectivity index (χ1) is 7.30. The zero-order chi connectivity index (χ0) is 11.1. The van der Waals surface area contributed by atoms with Crippen LogP contribution < -0.4 is 10.1 Å². The van der Waals surface area contributed by atoms with Gasteiger partial charge in [0.05, 0.1) is 6.10 Å². The van der Waals surface area contributed by atoms with E-state index in [-0.39, 0.29) is 6.10 Å². The Morgan fingerprint density at radius 1 is 1.27 bits per heavy atom. The second kappa shape index (κ2) is 6.06. The fourth-order valence-electron chi connectivity index (χ4n) is 1.35. The standard InChI is InChI=1S/C12H17NO2/c1-3-11(4-2)15-12-7-5-10(6-8-12)13-9-14/h5-9,11H,3-4H2,1-2H3,(H,13,14). The molecule has 1 aromatic carbocycles. The van der Waals surface area contributed by atoms with Gasteiger partial charge in [-0.05, 0) is 37.1 Å². The van der Waals surface area contributed by atoms with Gasteiger partial charge in [-0.15, -0.1) is 0 Å². The molecule has 0 aliphatic carbocycles. The average Bonchev–Trinajstić information content (AvgIpc) is 2.28. The molecule has 0 bridgehead atoms. The van der Waals surface area contributed by atoms with E-state index >= 15 is 0 Å². The van der Waals surface area contributed by atoms with Crippen LogP contribution in [-0.2, 0) is 4.79 Å². The molecule has 0 heterocycles. The quantitative estimate of drug-likeness (QED) is 0.728. The van der Waals surface area contributed by atoms with Gasteiger partial charge >= 0.3 is 0 Å². The third-order valence-electron chi connectivity index (χ3n) is 2.29. The van der Waals surface area contributed by atoms with Crippen molar-refractivity contribution in [3.8, 4) is 5.75 Å². The van der Waals surface area contributed by atoms with Crippen LogP contribution >= 0.6 is 0 Å². The van der Waals surface area contributed by atoms with E-state index in [1.165, 1.54) is 0 Å². The fraction of sp³-hybridized carbons (Fsp3) is 0.417. The molecule has 1 rings (SSSR count). The lowest BCUT2D eigenvalue weighted by Crippen LogP contribution is -2.13. The van der Waals surface area contributed by atoms with Crippen LogP contribution in [0.15, 0.2) is 24.3 Å². The molecule has 0 saturated carbocycles. The number of ether oxygens (including phenoxy) is 1. The second-order valence-corrected chi connectivity index (χ2v) is 3.34. The molecule has 1 N–H and O–H groups in total. The van der Waals surface area contributed by atoms with E-state index in [0.717, 1.165) is 24.3 Å². The summed E-state index contributed by atoms with van der Waals surface area (Å²) in [6.07, 6.45) is 2.95. The van der Waals surface area contributed by atoms with Crippen LogP contribution in [0.2, 0.25) is 0 Å². The van der Waals surface area contributed by atoms with Gasteiger partial charge in [0.2, 0.25) is 6.41 Å². The van der Waals surface area contributed by atoms with Gasteiger partial charge in [-0.2, -0.15) is 0 Å². The molecule has 0 fully saturated rings. The lowest BCUT2D eigenvalue weighted by molar-refractivity contribution is -0.105. The summed E-state index contributed by atoms with van der Waals surface area (Å²) >= 11 is 0. The van der Waals surface area contributed by atoms with Gasteiger partial charge in [0.15, 0.2) is 0 Å². The Hall–Kier alpha value is -1.51. The van der Waals surface area contributed by atoms with Crippen molar-refractivity contribution in [2.24, 2.45) is 0 Å². The summed E-state index contributed by atoms with van der Waals surface area (Å²) in [6, 6.07) is 7.38. The first-order valence-corrected chi connectivity index (χ1v) is 5.27. The molecular formula is C12H17NO2. The summed E-state index contributed by atoms with van der Waals surface area (Å²) in [5, 5.41) is 2.58. The van der Waals surface area contributed by atoms with E-state index in [2.05, 4.69) is 19.2 Å². The molecule has 0 unspecified atom stereocenters. The lowest BCUT2D eigenvalue weighted by atomic mass is 10.2. The molecule has 0 saturated heterocycles. The van der Waals surface area contributed by atoms with Crippen molar-refractivity contribution in [2.75, 3.05) is 5.32 Å². The van der Waals surface area contributed by atoms with Gasteiger partial charge in [-0.1, -0.05) is 13.8 Å². The molecule has 1 amide bonds. The van der Waals surface area contributed by atoms with Gasteiger partial charge in [-0.3, -0.25) is 4.79 Å². The van der Waals surface area contributed by atoms with E-state index in [0.29, 0.717) is 6.41 Å². The predicted molar refractivity (Wildman–Crippen MR) is 61.1 cm³/mol. The number of benzene rings is 1. The molecule has 0 aliphatic heterocycles. The zero-order valence-corrected chi connectivity index (χ0v) is 9.19. The Morgan fingerprint density at radius 3 is 2.33 bits per heavy atom. The number of hydrogen-bond donors (Lipinski definition) is 1. The van der Waals surface area contributed by atoms with Crippen molar-refractivity contribution in [3.05, 3.63) is 24.3 Å². The van der Waals surface area contributed by atoms with Crippen LogP contribution in [0.1, 0.15) is 26.7 Å². The maximum atomic E-state index is 10.2. The monoisotopic (exact) mass is 207 g/mol. The third kappa shape index (κ3) is 3.62. The van der Waals surface area contributed by atoms with Crippen molar-refractivity contribution in [1.29, 1.82) is 0 Å². The average molecular weight is 207 g/mol. The number of nitrogens with one attached hydrogen (secondary N) is 1. The highest BCUT2D eigenvalue weighted by molar-refractivity contribution is 5.71. The summed E-state index contributed by atoms with van der Waals surface area (Å²) in [4.78, 5) is 10.2. The number of carbonyl (C=O) groups excluding carboxylic acids is 1. The smallest absolute Gasteiger partial charge is 0.211 e. The third-order valence-corrected chi connectivity index (χ3v) is 2.29. The molecule has 0 aliphatic rings. The Kier molecular flexibility index (Phi) is 4.68. The van der Waals surface area contributed by atoms with E-state index in [9.17, 15) is 4.79 Å². The molecule has 0 atom stereocenters. The number of hydrogen-bond acceptors (Lipinski definition) is 2. The van der Waals surface area contributed by atoms with Crippen LogP contribution in [0.5, 0.6) is 5.75 Å². The Morgan fingerprint density at radius 2 is 1.87 bits per heavy atom. The summed E-state index contributed by atoms with van der Waals surface area (Å²) in [6.45, 7) is 4.22. The van der Waals surface area contributed by atoms with E-state index in [1.54, 1.807) is 0 Å². The molecule has 3 heteroatoms. The second-order valence-electron chi connectivity index (χ2n) is 3.34. The Balaban J connectivity index is 2.59. The minimum absolute atomic E-state index is 0.273. The maximum Gasteiger partial charge on any atom is 0.211 e. The highest BCUT2D eigenvalue weighted by Crippen LogP contribution is 2.18. The SMILES string of the molecule is CCC(CC)Oc1ccc(NC=O)cc1. The number of amides is 1. The number of carbonyl (C=O) groups is 1.